The third kappa shape index (κ3) is 3.76. The van der Waals surface area contributed by atoms with Gasteiger partial charge in [-0.15, -0.1) is 0 Å². The largest absolute Gasteiger partial charge is 0.478 e. The first-order valence-corrected chi connectivity index (χ1v) is 8.35. The molecule has 0 saturated carbocycles. The van der Waals surface area contributed by atoms with Crippen molar-refractivity contribution in [3.05, 3.63) is 53.1 Å². The van der Waals surface area contributed by atoms with Gasteiger partial charge in [-0.25, -0.2) is 18.4 Å². The van der Waals surface area contributed by atoms with Crippen LogP contribution in [0.3, 0.4) is 0 Å². The zero-order valence-electron chi connectivity index (χ0n) is 10.5. The van der Waals surface area contributed by atoms with Crippen molar-refractivity contribution in [2.24, 2.45) is 5.14 Å². The highest BCUT2D eigenvalue weighted by Crippen LogP contribution is 2.35. The summed E-state index contributed by atoms with van der Waals surface area (Å²) < 4.78 is 22.6. The number of carboxylic acids is 1. The lowest BCUT2D eigenvalue weighted by molar-refractivity contribution is 0.0693. The summed E-state index contributed by atoms with van der Waals surface area (Å²) in [6.07, 6.45) is 0. The zero-order chi connectivity index (χ0) is 15.6. The summed E-state index contributed by atoms with van der Waals surface area (Å²) in [4.78, 5) is 12.1. The lowest BCUT2D eigenvalue weighted by Gasteiger charge is -2.08. The molecule has 0 atom stereocenters. The average molecular weight is 344 g/mol. The van der Waals surface area contributed by atoms with Crippen LogP contribution in [0, 0.1) is 0 Å². The van der Waals surface area contributed by atoms with Crippen molar-refractivity contribution in [2.75, 3.05) is 0 Å². The van der Waals surface area contributed by atoms with Gasteiger partial charge in [0.25, 0.3) is 0 Å². The van der Waals surface area contributed by atoms with Crippen LogP contribution in [0.5, 0.6) is 0 Å². The molecule has 2 aromatic carbocycles. The van der Waals surface area contributed by atoms with Crippen LogP contribution in [0.1, 0.15) is 10.4 Å². The summed E-state index contributed by atoms with van der Waals surface area (Å²) in [6, 6.07) is 10.7. The Morgan fingerprint density at radius 3 is 2.38 bits per heavy atom. The molecule has 2 rings (SSSR count). The highest BCUT2D eigenvalue weighted by molar-refractivity contribution is 7.99. The van der Waals surface area contributed by atoms with Crippen LogP contribution in [0.15, 0.2) is 57.2 Å². The minimum Gasteiger partial charge on any atom is -0.478 e. The van der Waals surface area contributed by atoms with Crippen LogP contribution in [0.4, 0.5) is 0 Å². The third-order valence-corrected chi connectivity index (χ3v) is 5.07. The van der Waals surface area contributed by atoms with E-state index in [1.165, 1.54) is 12.1 Å². The molecular formula is C13H10ClNO4S2. The minimum atomic E-state index is -3.96. The van der Waals surface area contributed by atoms with E-state index in [0.29, 0.717) is 14.8 Å². The van der Waals surface area contributed by atoms with Gasteiger partial charge in [0.2, 0.25) is 10.0 Å². The molecule has 2 aromatic rings. The Kier molecular flexibility index (Phi) is 4.58. The average Bonchev–Trinajstić information content (AvgIpc) is 2.40. The molecule has 0 aromatic heterocycles. The first-order valence-electron chi connectivity index (χ1n) is 5.61. The van der Waals surface area contributed by atoms with E-state index < -0.39 is 16.0 Å². The third-order valence-electron chi connectivity index (χ3n) is 2.57. The van der Waals surface area contributed by atoms with Crippen LogP contribution in [-0.4, -0.2) is 19.5 Å². The highest BCUT2D eigenvalue weighted by Gasteiger charge is 2.17. The summed E-state index contributed by atoms with van der Waals surface area (Å²) in [5, 5.41) is 14.7. The van der Waals surface area contributed by atoms with E-state index in [1.807, 2.05) is 0 Å². The standard InChI is InChI=1S/C13H10ClNO4S2/c14-10-3-1-2-4-12(10)20-11-6-5-8(21(15,18)19)7-9(11)13(16)17/h1-7H,(H,16,17)(H2,15,18,19). The SMILES string of the molecule is NS(=O)(=O)c1ccc(Sc2ccccc2Cl)c(C(=O)O)c1. The van der Waals surface area contributed by atoms with Crippen LogP contribution >= 0.6 is 23.4 Å². The van der Waals surface area contributed by atoms with Crippen LogP contribution in [0.25, 0.3) is 0 Å². The van der Waals surface area contributed by atoms with Crippen LogP contribution in [-0.2, 0) is 10.0 Å². The van der Waals surface area contributed by atoms with Crippen LogP contribution < -0.4 is 5.14 Å². The van der Waals surface area contributed by atoms with Crippen molar-refractivity contribution in [1.82, 2.24) is 0 Å². The van der Waals surface area contributed by atoms with Gasteiger partial charge in [0.15, 0.2) is 0 Å². The van der Waals surface area contributed by atoms with E-state index in [1.54, 1.807) is 24.3 Å². The van der Waals surface area contributed by atoms with E-state index in [4.69, 9.17) is 16.7 Å². The molecule has 0 aliphatic heterocycles. The Morgan fingerprint density at radius 2 is 1.81 bits per heavy atom. The molecule has 0 fully saturated rings. The van der Waals surface area contributed by atoms with Gasteiger partial charge in [-0.05, 0) is 30.3 Å². The van der Waals surface area contributed by atoms with Crippen molar-refractivity contribution >= 4 is 39.4 Å². The fraction of sp³-hybridized carbons (Fsp3) is 0. The summed E-state index contributed by atoms with van der Waals surface area (Å²) in [6.45, 7) is 0. The Balaban J connectivity index is 2.50. The molecule has 8 heteroatoms. The van der Waals surface area contributed by atoms with E-state index in [0.717, 1.165) is 17.8 Å². The Bertz CT molecular complexity index is 806. The minimum absolute atomic E-state index is 0.147. The molecule has 21 heavy (non-hydrogen) atoms. The van der Waals surface area contributed by atoms with Gasteiger partial charge in [0, 0.05) is 9.79 Å². The molecule has 0 saturated heterocycles. The Hall–Kier alpha value is -1.54. The van der Waals surface area contributed by atoms with Gasteiger partial charge in [-0.1, -0.05) is 35.5 Å². The molecule has 5 nitrogen and oxygen atoms in total. The van der Waals surface area contributed by atoms with E-state index >= 15 is 0 Å². The number of hydrogen-bond acceptors (Lipinski definition) is 4. The number of primary sulfonamides is 1. The highest BCUT2D eigenvalue weighted by atomic mass is 35.5. The van der Waals surface area contributed by atoms with Crippen LogP contribution in [0.2, 0.25) is 5.02 Å². The fourth-order valence-corrected chi connectivity index (χ4v) is 3.32. The zero-order valence-corrected chi connectivity index (χ0v) is 12.9. The molecule has 0 heterocycles. The fourth-order valence-electron chi connectivity index (χ4n) is 1.59. The lowest BCUT2D eigenvalue weighted by atomic mass is 10.2. The number of carbonyl (C=O) groups is 1. The number of carboxylic acid groups (broad SMARTS) is 1. The van der Waals surface area contributed by atoms with Crippen molar-refractivity contribution in [1.29, 1.82) is 0 Å². The van der Waals surface area contributed by atoms with E-state index in [9.17, 15) is 18.3 Å². The van der Waals surface area contributed by atoms with Crippen molar-refractivity contribution in [3.8, 4) is 0 Å². The quantitative estimate of drug-likeness (QED) is 0.889. The molecule has 110 valence electrons. The number of rotatable bonds is 4. The first kappa shape index (κ1) is 15.8. The monoisotopic (exact) mass is 343 g/mol. The molecule has 0 radical (unpaired) electrons. The predicted molar refractivity (Wildman–Crippen MR) is 80.3 cm³/mol. The molecule has 0 bridgehead atoms. The summed E-state index contributed by atoms with van der Waals surface area (Å²) in [5.41, 5.74) is -0.147. The second-order valence-electron chi connectivity index (χ2n) is 4.04. The van der Waals surface area contributed by atoms with E-state index in [2.05, 4.69) is 0 Å². The van der Waals surface area contributed by atoms with Gasteiger partial charge in [-0.3, -0.25) is 0 Å². The summed E-state index contributed by atoms with van der Waals surface area (Å²) in [7, 11) is -3.96. The number of sulfonamides is 1. The number of aromatic carboxylic acids is 1. The molecule has 0 aliphatic carbocycles. The van der Waals surface area contributed by atoms with Gasteiger partial charge in [-0.2, -0.15) is 0 Å². The topological polar surface area (TPSA) is 97.5 Å². The molecule has 0 amide bonds. The van der Waals surface area contributed by atoms with Crippen molar-refractivity contribution < 1.29 is 18.3 Å². The summed E-state index contributed by atoms with van der Waals surface area (Å²) in [5.74, 6) is -1.24. The predicted octanol–water partition coefficient (Wildman–Crippen LogP) is 2.84. The molecule has 0 spiro atoms. The van der Waals surface area contributed by atoms with Gasteiger partial charge in [0.05, 0.1) is 15.5 Å². The van der Waals surface area contributed by atoms with Gasteiger partial charge < -0.3 is 5.11 Å². The molecular weight excluding hydrogens is 334 g/mol. The van der Waals surface area contributed by atoms with Crippen molar-refractivity contribution in [3.63, 3.8) is 0 Å². The maximum atomic E-state index is 11.3. The number of benzene rings is 2. The smallest absolute Gasteiger partial charge is 0.336 e. The second-order valence-corrected chi connectivity index (χ2v) is 7.09. The number of halogens is 1. The van der Waals surface area contributed by atoms with Crippen molar-refractivity contribution in [2.45, 2.75) is 14.7 Å². The van der Waals surface area contributed by atoms with Gasteiger partial charge >= 0.3 is 5.97 Å². The van der Waals surface area contributed by atoms with E-state index in [-0.39, 0.29) is 10.5 Å². The number of hydrogen-bond donors (Lipinski definition) is 2. The first-order chi connectivity index (χ1) is 9.79. The lowest BCUT2D eigenvalue weighted by Crippen LogP contribution is -2.13. The molecule has 0 unspecified atom stereocenters. The Labute approximate surface area is 130 Å². The molecule has 3 N–H and O–H groups in total. The van der Waals surface area contributed by atoms with Gasteiger partial charge in [0.1, 0.15) is 0 Å². The molecule has 0 aliphatic rings. The maximum absolute atomic E-state index is 11.3. The second kappa shape index (κ2) is 6.07. The summed E-state index contributed by atoms with van der Waals surface area (Å²) >= 11 is 7.17. The number of nitrogens with two attached hydrogens (primary N) is 1. The normalized spacial score (nSPS) is 11.3. The maximum Gasteiger partial charge on any atom is 0.336 e. The Morgan fingerprint density at radius 1 is 1.14 bits per heavy atom.